The van der Waals surface area contributed by atoms with Crippen molar-refractivity contribution in [2.75, 3.05) is 6.54 Å². The maximum atomic E-state index is 5.96. The van der Waals surface area contributed by atoms with Gasteiger partial charge in [0.15, 0.2) is 5.58 Å². The third kappa shape index (κ3) is 2.40. The molecule has 3 aromatic heterocycles. The van der Waals surface area contributed by atoms with E-state index in [2.05, 4.69) is 38.8 Å². The summed E-state index contributed by atoms with van der Waals surface area (Å²) in [5.74, 6) is 0.802. The summed E-state index contributed by atoms with van der Waals surface area (Å²) < 4.78 is 5.96. The minimum Gasteiger partial charge on any atom is -0.439 e. The maximum Gasteiger partial charge on any atom is 0.209 e. The Balaban J connectivity index is 1.52. The molecule has 0 fully saturated rings. The number of nitrogens with zero attached hydrogens (tertiary/aromatic N) is 2. The van der Waals surface area contributed by atoms with Crippen LogP contribution in [0.3, 0.4) is 0 Å². The van der Waals surface area contributed by atoms with Gasteiger partial charge in [0.25, 0.3) is 0 Å². The molecule has 0 amide bonds. The van der Waals surface area contributed by atoms with Crippen molar-refractivity contribution < 1.29 is 4.42 Å². The predicted octanol–water partition coefficient (Wildman–Crippen LogP) is 5.10. The Morgan fingerprint density at radius 2 is 2.04 bits per heavy atom. The van der Waals surface area contributed by atoms with Crippen LogP contribution in [0.1, 0.15) is 27.3 Å². The van der Waals surface area contributed by atoms with E-state index in [0.29, 0.717) is 6.04 Å². The number of benzene rings is 1. The summed E-state index contributed by atoms with van der Waals surface area (Å²) >= 11 is 3.71. The van der Waals surface area contributed by atoms with E-state index in [4.69, 9.17) is 4.42 Å². The Labute approximate surface area is 148 Å². The van der Waals surface area contributed by atoms with Gasteiger partial charge >= 0.3 is 0 Å². The number of para-hydroxylation sites is 2. The third-order valence-corrected chi connectivity index (χ3v) is 6.48. The molecule has 24 heavy (non-hydrogen) atoms. The van der Waals surface area contributed by atoms with Crippen LogP contribution in [0.25, 0.3) is 11.1 Å². The van der Waals surface area contributed by atoms with E-state index in [0.717, 1.165) is 36.5 Å². The number of hydrogen-bond donors (Lipinski definition) is 0. The van der Waals surface area contributed by atoms with Gasteiger partial charge in [0.2, 0.25) is 5.89 Å². The van der Waals surface area contributed by atoms with Crippen LogP contribution in [0.15, 0.2) is 57.6 Å². The van der Waals surface area contributed by atoms with Gasteiger partial charge in [-0.3, -0.25) is 4.90 Å². The number of rotatable bonds is 3. The summed E-state index contributed by atoms with van der Waals surface area (Å²) in [6, 6.07) is 14.9. The van der Waals surface area contributed by atoms with Crippen LogP contribution >= 0.6 is 22.7 Å². The Bertz CT molecular complexity index is 937. The SMILES string of the molecule is c1csc([C@@H]2c3ccsc3CCN2Cc2nc3ccccc3o2)c1. The monoisotopic (exact) mass is 352 g/mol. The number of aromatic nitrogens is 1. The first kappa shape index (κ1) is 14.4. The first-order chi connectivity index (χ1) is 11.9. The molecule has 0 spiro atoms. The normalized spacial score (nSPS) is 18.1. The van der Waals surface area contributed by atoms with E-state index in [1.165, 1.54) is 15.3 Å². The lowest BCUT2D eigenvalue weighted by Crippen LogP contribution is -2.34. The van der Waals surface area contributed by atoms with Gasteiger partial charge in [-0.15, -0.1) is 22.7 Å². The summed E-state index contributed by atoms with van der Waals surface area (Å²) in [6.45, 7) is 1.78. The lowest BCUT2D eigenvalue weighted by atomic mass is 9.98. The number of fused-ring (bicyclic) bond motifs is 2. The zero-order valence-corrected chi connectivity index (χ0v) is 14.6. The van der Waals surface area contributed by atoms with Crippen LogP contribution in [0.2, 0.25) is 0 Å². The van der Waals surface area contributed by atoms with Crippen molar-refractivity contribution in [3.05, 3.63) is 74.4 Å². The van der Waals surface area contributed by atoms with Crippen molar-refractivity contribution in [3.63, 3.8) is 0 Å². The van der Waals surface area contributed by atoms with Crippen LogP contribution in [0.5, 0.6) is 0 Å². The first-order valence-corrected chi connectivity index (χ1v) is 9.82. The lowest BCUT2D eigenvalue weighted by molar-refractivity contribution is 0.191. The smallest absolute Gasteiger partial charge is 0.209 e. The molecule has 0 bridgehead atoms. The van der Waals surface area contributed by atoms with Crippen molar-refractivity contribution >= 4 is 33.8 Å². The Hall–Kier alpha value is -1.95. The van der Waals surface area contributed by atoms with Gasteiger partial charge in [-0.2, -0.15) is 0 Å². The predicted molar refractivity (Wildman–Crippen MR) is 98.6 cm³/mol. The van der Waals surface area contributed by atoms with Gasteiger partial charge in [-0.05, 0) is 47.0 Å². The summed E-state index contributed by atoms with van der Waals surface area (Å²) in [5, 5.41) is 4.38. The fourth-order valence-electron chi connectivity index (χ4n) is 3.48. The minimum atomic E-state index is 0.315. The second-order valence-corrected chi connectivity index (χ2v) is 7.99. The van der Waals surface area contributed by atoms with Crippen LogP contribution in [-0.4, -0.2) is 16.4 Å². The number of hydrogen-bond acceptors (Lipinski definition) is 5. The molecule has 5 rings (SSSR count). The van der Waals surface area contributed by atoms with Crippen molar-refractivity contribution in [1.29, 1.82) is 0 Å². The van der Waals surface area contributed by atoms with Gasteiger partial charge in [0.05, 0.1) is 12.6 Å². The first-order valence-electron chi connectivity index (χ1n) is 8.06. The Morgan fingerprint density at radius 3 is 2.92 bits per heavy atom. The molecule has 1 atom stereocenters. The molecular formula is C19H16N2OS2. The van der Waals surface area contributed by atoms with Crippen LogP contribution in [0, 0.1) is 0 Å². The van der Waals surface area contributed by atoms with Gasteiger partial charge in [0, 0.05) is 16.3 Å². The molecule has 0 N–H and O–H groups in total. The molecule has 5 heteroatoms. The molecule has 0 saturated carbocycles. The van der Waals surface area contributed by atoms with Gasteiger partial charge in [0.1, 0.15) is 5.52 Å². The highest BCUT2D eigenvalue weighted by molar-refractivity contribution is 7.10. The largest absolute Gasteiger partial charge is 0.439 e. The van der Waals surface area contributed by atoms with Crippen molar-refractivity contribution in [2.24, 2.45) is 0 Å². The van der Waals surface area contributed by atoms with Crippen LogP contribution in [-0.2, 0) is 13.0 Å². The Morgan fingerprint density at radius 1 is 1.08 bits per heavy atom. The van der Waals surface area contributed by atoms with E-state index in [9.17, 15) is 0 Å². The molecule has 1 aromatic carbocycles. The average Bonchev–Trinajstić information content (AvgIpc) is 3.34. The van der Waals surface area contributed by atoms with Gasteiger partial charge in [-0.1, -0.05) is 18.2 Å². The van der Waals surface area contributed by atoms with Crippen LogP contribution in [0.4, 0.5) is 0 Å². The standard InChI is InChI=1S/C19H16N2OS2/c1-2-5-15-14(4-1)20-18(22-15)12-21-9-7-16-13(8-11-24-16)19(21)17-6-3-10-23-17/h1-6,8,10-11,19H,7,9,12H2/t19-/m0/s1. The molecule has 0 unspecified atom stereocenters. The van der Waals surface area contributed by atoms with E-state index in [1.54, 1.807) is 0 Å². The van der Waals surface area contributed by atoms with Crippen molar-refractivity contribution in [3.8, 4) is 0 Å². The highest BCUT2D eigenvalue weighted by Gasteiger charge is 2.31. The average molecular weight is 352 g/mol. The molecule has 0 aliphatic carbocycles. The lowest BCUT2D eigenvalue weighted by Gasteiger charge is -2.34. The molecular weight excluding hydrogens is 336 g/mol. The topological polar surface area (TPSA) is 29.3 Å². The van der Waals surface area contributed by atoms with Crippen molar-refractivity contribution in [1.82, 2.24) is 9.88 Å². The molecule has 3 nitrogen and oxygen atoms in total. The molecule has 1 aliphatic heterocycles. The maximum absolute atomic E-state index is 5.96. The highest BCUT2D eigenvalue weighted by atomic mass is 32.1. The quantitative estimate of drug-likeness (QED) is 0.514. The molecule has 4 aromatic rings. The fraction of sp³-hybridized carbons (Fsp3) is 0.211. The molecule has 120 valence electrons. The summed E-state index contributed by atoms with van der Waals surface area (Å²) in [4.78, 5) is 10.1. The number of thiophene rings is 2. The summed E-state index contributed by atoms with van der Waals surface area (Å²) in [6.07, 6.45) is 1.11. The molecule has 0 radical (unpaired) electrons. The van der Waals surface area contributed by atoms with Crippen molar-refractivity contribution in [2.45, 2.75) is 19.0 Å². The fourth-order valence-corrected chi connectivity index (χ4v) is 5.26. The van der Waals surface area contributed by atoms with E-state index in [-0.39, 0.29) is 0 Å². The molecule has 1 aliphatic rings. The number of oxazole rings is 1. The van der Waals surface area contributed by atoms with E-state index < -0.39 is 0 Å². The zero-order chi connectivity index (χ0) is 15.9. The minimum absolute atomic E-state index is 0.315. The highest BCUT2D eigenvalue weighted by Crippen LogP contribution is 2.40. The molecule has 4 heterocycles. The molecule has 0 saturated heterocycles. The second kappa shape index (κ2) is 5.84. The summed E-state index contributed by atoms with van der Waals surface area (Å²) in [5.41, 5.74) is 3.26. The second-order valence-electron chi connectivity index (χ2n) is 6.01. The van der Waals surface area contributed by atoms with Gasteiger partial charge < -0.3 is 4.42 Å². The van der Waals surface area contributed by atoms with Gasteiger partial charge in [-0.25, -0.2) is 4.98 Å². The van der Waals surface area contributed by atoms with Crippen LogP contribution < -0.4 is 0 Å². The van der Waals surface area contributed by atoms with E-state index >= 15 is 0 Å². The van der Waals surface area contributed by atoms with E-state index in [1.807, 2.05) is 46.9 Å². The third-order valence-electron chi connectivity index (χ3n) is 4.55. The summed E-state index contributed by atoms with van der Waals surface area (Å²) in [7, 11) is 0. The zero-order valence-electron chi connectivity index (χ0n) is 13.0. The Kier molecular flexibility index (Phi) is 3.51.